The first-order valence-corrected chi connectivity index (χ1v) is 7.31. The molecule has 112 valence electrons. The SMILES string of the molecule is CCNC(CC)(CCCN1CCC(OC)C1)C(=O)O. The van der Waals surface area contributed by atoms with Gasteiger partial charge in [-0.3, -0.25) is 4.79 Å². The predicted octanol–water partition coefficient (Wildman–Crippen LogP) is 1.33. The van der Waals surface area contributed by atoms with Crippen molar-refractivity contribution in [3.8, 4) is 0 Å². The highest BCUT2D eigenvalue weighted by molar-refractivity contribution is 5.78. The Balaban J connectivity index is 2.38. The van der Waals surface area contributed by atoms with Crippen molar-refractivity contribution in [2.24, 2.45) is 0 Å². The zero-order chi connectivity index (χ0) is 14.3. The molecule has 0 aromatic carbocycles. The Morgan fingerprint density at radius 1 is 1.53 bits per heavy atom. The number of aliphatic carboxylic acids is 1. The van der Waals surface area contributed by atoms with Crippen LogP contribution in [0, 0.1) is 0 Å². The molecule has 5 heteroatoms. The number of ether oxygens (including phenoxy) is 1. The van der Waals surface area contributed by atoms with Gasteiger partial charge >= 0.3 is 5.97 Å². The molecule has 1 rings (SSSR count). The predicted molar refractivity (Wildman–Crippen MR) is 75.4 cm³/mol. The molecule has 0 aliphatic carbocycles. The first-order valence-electron chi connectivity index (χ1n) is 7.31. The molecule has 5 nitrogen and oxygen atoms in total. The van der Waals surface area contributed by atoms with Crippen LogP contribution in [0.2, 0.25) is 0 Å². The molecule has 0 amide bonds. The monoisotopic (exact) mass is 272 g/mol. The van der Waals surface area contributed by atoms with Gasteiger partial charge in [0, 0.05) is 20.2 Å². The average Bonchev–Trinajstić information content (AvgIpc) is 2.85. The van der Waals surface area contributed by atoms with Crippen molar-refractivity contribution in [1.82, 2.24) is 10.2 Å². The number of likely N-dealkylation sites (N-methyl/N-ethyl adjacent to an activating group) is 1. The lowest BCUT2D eigenvalue weighted by molar-refractivity contribution is -0.145. The molecule has 0 aromatic rings. The van der Waals surface area contributed by atoms with E-state index < -0.39 is 11.5 Å². The lowest BCUT2D eigenvalue weighted by atomic mass is 9.90. The first-order chi connectivity index (χ1) is 9.07. The molecule has 1 saturated heterocycles. The van der Waals surface area contributed by atoms with Crippen LogP contribution in [0.5, 0.6) is 0 Å². The third kappa shape index (κ3) is 4.44. The Labute approximate surface area is 116 Å². The number of methoxy groups -OCH3 is 1. The van der Waals surface area contributed by atoms with Gasteiger partial charge in [-0.15, -0.1) is 0 Å². The van der Waals surface area contributed by atoms with Crippen molar-refractivity contribution >= 4 is 5.97 Å². The minimum Gasteiger partial charge on any atom is -0.480 e. The molecular formula is C14H28N2O3. The summed E-state index contributed by atoms with van der Waals surface area (Å²) in [6.07, 6.45) is 3.65. The molecule has 2 unspecified atom stereocenters. The lowest BCUT2D eigenvalue weighted by Crippen LogP contribution is -2.51. The quantitative estimate of drug-likeness (QED) is 0.663. The van der Waals surface area contributed by atoms with Gasteiger partial charge in [-0.25, -0.2) is 0 Å². The van der Waals surface area contributed by atoms with Crippen molar-refractivity contribution in [1.29, 1.82) is 0 Å². The van der Waals surface area contributed by atoms with E-state index in [-0.39, 0.29) is 0 Å². The van der Waals surface area contributed by atoms with Gasteiger partial charge in [-0.1, -0.05) is 13.8 Å². The number of carboxylic acid groups (broad SMARTS) is 1. The molecule has 2 atom stereocenters. The summed E-state index contributed by atoms with van der Waals surface area (Å²) in [6.45, 7) is 7.58. The second-order valence-electron chi connectivity index (χ2n) is 5.32. The highest BCUT2D eigenvalue weighted by atomic mass is 16.5. The number of carboxylic acids is 1. The van der Waals surface area contributed by atoms with E-state index in [2.05, 4.69) is 10.2 Å². The fourth-order valence-corrected chi connectivity index (χ4v) is 2.86. The van der Waals surface area contributed by atoms with Crippen LogP contribution >= 0.6 is 0 Å². The van der Waals surface area contributed by atoms with E-state index in [1.165, 1.54) is 0 Å². The number of hydrogen-bond acceptors (Lipinski definition) is 4. The van der Waals surface area contributed by atoms with Gasteiger partial charge in [0.05, 0.1) is 6.10 Å². The van der Waals surface area contributed by atoms with Gasteiger partial charge in [0.1, 0.15) is 5.54 Å². The van der Waals surface area contributed by atoms with E-state index >= 15 is 0 Å². The van der Waals surface area contributed by atoms with Crippen LogP contribution in [0.4, 0.5) is 0 Å². The van der Waals surface area contributed by atoms with Crippen LogP contribution in [0.3, 0.4) is 0 Å². The Morgan fingerprint density at radius 2 is 2.26 bits per heavy atom. The highest BCUT2D eigenvalue weighted by Crippen LogP contribution is 2.20. The van der Waals surface area contributed by atoms with E-state index in [9.17, 15) is 9.90 Å². The largest absolute Gasteiger partial charge is 0.480 e. The van der Waals surface area contributed by atoms with Gasteiger partial charge < -0.3 is 20.1 Å². The van der Waals surface area contributed by atoms with E-state index in [0.29, 0.717) is 25.5 Å². The normalized spacial score (nSPS) is 23.4. The second kappa shape index (κ2) is 7.82. The summed E-state index contributed by atoms with van der Waals surface area (Å²) in [5.74, 6) is -0.729. The van der Waals surface area contributed by atoms with Crippen LogP contribution in [0.25, 0.3) is 0 Å². The number of likely N-dealkylation sites (tertiary alicyclic amines) is 1. The summed E-state index contributed by atoms with van der Waals surface area (Å²) in [5.41, 5.74) is -0.755. The van der Waals surface area contributed by atoms with Crippen LogP contribution in [-0.4, -0.2) is 60.9 Å². The Bertz CT molecular complexity index is 286. The van der Waals surface area contributed by atoms with Crippen molar-refractivity contribution < 1.29 is 14.6 Å². The third-order valence-electron chi connectivity index (χ3n) is 4.17. The highest BCUT2D eigenvalue weighted by Gasteiger charge is 2.35. The zero-order valence-corrected chi connectivity index (χ0v) is 12.4. The molecule has 0 spiro atoms. The number of rotatable bonds is 9. The maximum absolute atomic E-state index is 11.5. The van der Waals surface area contributed by atoms with Gasteiger partial charge in [-0.2, -0.15) is 0 Å². The average molecular weight is 272 g/mol. The van der Waals surface area contributed by atoms with E-state index in [4.69, 9.17) is 4.74 Å². The summed E-state index contributed by atoms with van der Waals surface area (Å²) in [6, 6.07) is 0. The summed E-state index contributed by atoms with van der Waals surface area (Å²) >= 11 is 0. The number of nitrogens with zero attached hydrogens (tertiary/aromatic N) is 1. The topological polar surface area (TPSA) is 61.8 Å². The lowest BCUT2D eigenvalue weighted by Gasteiger charge is -2.30. The van der Waals surface area contributed by atoms with E-state index in [1.54, 1.807) is 7.11 Å². The molecule has 0 saturated carbocycles. The molecule has 1 heterocycles. The molecule has 2 N–H and O–H groups in total. The fourth-order valence-electron chi connectivity index (χ4n) is 2.86. The zero-order valence-electron chi connectivity index (χ0n) is 12.4. The molecule has 1 fully saturated rings. The minimum atomic E-state index is -0.755. The number of hydrogen-bond donors (Lipinski definition) is 2. The summed E-state index contributed by atoms with van der Waals surface area (Å²) in [4.78, 5) is 13.8. The van der Waals surface area contributed by atoms with Crippen molar-refractivity contribution in [3.63, 3.8) is 0 Å². The van der Waals surface area contributed by atoms with Crippen LogP contribution in [-0.2, 0) is 9.53 Å². The standard InChI is InChI=1S/C14H28N2O3/c1-4-14(13(17)18,15-5-2)8-6-9-16-10-7-12(11-16)19-3/h12,15H,4-11H2,1-3H3,(H,17,18). The third-order valence-corrected chi connectivity index (χ3v) is 4.17. The van der Waals surface area contributed by atoms with Gasteiger partial charge in [0.15, 0.2) is 0 Å². The molecule has 19 heavy (non-hydrogen) atoms. The van der Waals surface area contributed by atoms with E-state index in [0.717, 1.165) is 32.5 Å². The van der Waals surface area contributed by atoms with Gasteiger partial charge in [-0.05, 0) is 38.8 Å². The second-order valence-corrected chi connectivity index (χ2v) is 5.32. The van der Waals surface area contributed by atoms with Crippen LogP contribution < -0.4 is 5.32 Å². The summed E-state index contributed by atoms with van der Waals surface area (Å²) < 4.78 is 5.34. The number of nitrogens with one attached hydrogen (secondary N) is 1. The maximum Gasteiger partial charge on any atom is 0.323 e. The molecule has 1 aliphatic heterocycles. The van der Waals surface area contributed by atoms with Crippen molar-refractivity contribution in [2.75, 3.05) is 33.3 Å². The van der Waals surface area contributed by atoms with E-state index in [1.807, 2.05) is 13.8 Å². The fraction of sp³-hybridized carbons (Fsp3) is 0.929. The Hall–Kier alpha value is -0.650. The first kappa shape index (κ1) is 16.4. The molecule has 0 aromatic heterocycles. The minimum absolute atomic E-state index is 0.351. The maximum atomic E-state index is 11.5. The summed E-state index contributed by atoms with van der Waals surface area (Å²) in [5, 5.41) is 12.6. The van der Waals surface area contributed by atoms with Crippen molar-refractivity contribution in [2.45, 2.75) is 51.2 Å². The summed E-state index contributed by atoms with van der Waals surface area (Å²) in [7, 11) is 1.76. The molecule has 0 radical (unpaired) electrons. The Kier molecular flexibility index (Phi) is 6.75. The number of carbonyl (C=O) groups is 1. The molecule has 1 aliphatic rings. The molecule has 0 bridgehead atoms. The Morgan fingerprint density at radius 3 is 2.74 bits per heavy atom. The molecular weight excluding hydrogens is 244 g/mol. The van der Waals surface area contributed by atoms with Crippen molar-refractivity contribution in [3.05, 3.63) is 0 Å². The van der Waals surface area contributed by atoms with Gasteiger partial charge in [0.25, 0.3) is 0 Å². The smallest absolute Gasteiger partial charge is 0.323 e. The van der Waals surface area contributed by atoms with Gasteiger partial charge in [0.2, 0.25) is 0 Å². The van der Waals surface area contributed by atoms with Crippen LogP contribution in [0.15, 0.2) is 0 Å². The van der Waals surface area contributed by atoms with Crippen LogP contribution in [0.1, 0.15) is 39.5 Å².